The molecule has 0 saturated carbocycles. The van der Waals surface area contributed by atoms with Crippen LogP contribution in [-0.2, 0) is 21.1 Å². The van der Waals surface area contributed by atoms with Gasteiger partial charge in [-0.25, -0.2) is 29.4 Å². The molecule has 0 bridgehead atoms. The molecule has 0 N–H and O–H groups in total. The quantitative estimate of drug-likeness (QED) is 0.459. The molecule has 0 saturated heterocycles. The lowest BCUT2D eigenvalue weighted by Gasteiger charge is -2.20. The number of carbonyl (C=O) groups is 1. The van der Waals surface area contributed by atoms with E-state index in [9.17, 15) is 18.0 Å². The number of rotatable bonds is 4. The summed E-state index contributed by atoms with van der Waals surface area (Å²) in [6.45, 7) is 5.29. The zero-order valence-corrected chi connectivity index (χ0v) is 17.2. The topological polar surface area (TPSA) is 95.7 Å². The van der Waals surface area contributed by atoms with Crippen molar-refractivity contribution in [2.24, 2.45) is 0 Å². The van der Waals surface area contributed by atoms with Gasteiger partial charge in [0.25, 0.3) is 0 Å². The molecule has 0 aliphatic heterocycles. The van der Waals surface area contributed by atoms with Gasteiger partial charge in [-0.15, -0.1) is 5.10 Å². The van der Waals surface area contributed by atoms with Crippen molar-refractivity contribution in [1.82, 2.24) is 29.7 Å². The van der Waals surface area contributed by atoms with E-state index < -0.39 is 23.3 Å². The maximum absolute atomic E-state index is 13.4. The van der Waals surface area contributed by atoms with Crippen LogP contribution in [0.2, 0.25) is 0 Å². The van der Waals surface area contributed by atoms with Crippen LogP contribution in [0.15, 0.2) is 37.2 Å². The van der Waals surface area contributed by atoms with Crippen LogP contribution < -0.4 is 0 Å². The standard InChI is InChI=1S/C20H19F3N6O2/c1-19(2,3)15-5-12(6-16(27-15)20(21,22)23)17-26-11-29(28-17)9-14(18(30)31-4)13-7-24-10-25-8-13/h5-11H,1-4H3/b14-9+. The Morgan fingerprint density at radius 1 is 1.10 bits per heavy atom. The van der Waals surface area contributed by atoms with Crippen molar-refractivity contribution in [2.45, 2.75) is 32.4 Å². The van der Waals surface area contributed by atoms with E-state index in [1.54, 1.807) is 20.8 Å². The third-order valence-corrected chi connectivity index (χ3v) is 4.19. The van der Waals surface area contributed by atoms with E-state index in [0.717, 1.165) is 6.07 Å². The average molecular weight is 432 g/mol. The number of methoxy groups -OCH3 is 1. The zero-order valence-electron chi connectivity index (χ0n) is 17.2. The van der Waals surface area contributed by atoms with Crippen LogP contribution in [0.25, 0.3) is 23.2 Å². The van der Waals surface area contributed by atoms with Gasteiger partial charge in [-0.05, 0) is 12.1 Å². The predicted octanol–water partition coefficient (Wildman–Crippen LogP) is 3.62. The molecule has 3 aromatic rings. The van der Waals surface area contributed by atoms with Crippen LogP contribution in [-0.4, -0.2) is 42.8 Å². The largest absolute Gasteiger partial charge is 0.465 e. The number of ether oxygens (including phenoxy) is 1. The minimum Gasteiger partial charge on any atom is -0.465 e. The highest BCUT2D eigenvalue weighted by Gasteiger charge is 2.34. The molecule has 0 amide bonds. The van der Waals surface area contributed by atoms with E-state index in [-0.39, 0.29) is 22.7 Å². The number of hydrogen-bond acceptors (Lipinski definition) is 7. The van der Waals surface area contributed by atoms with Gasteiger partial charge in [0.05, 0.1) is 12.7 Å². The second-order valence-corrected chi connectivity index (χ2v) is 7.58. The summed E-state index contributed by atoms with van der Waals surface area (Å²) in [7, 11) is 1.22. The molecule has 3 rings (SSSR count). The smallest absolute Gasteiger partial charge is 0.433 e. The minimum atomic E-state index is -4.62. The number of alkyl halides is 3. The number of carbonyl (C=O) groups excluding carboxylic acids is 1. The second-order valence-electron chi connectivity index (χ2n) is 7.58. The summed E-state index contributed by atoms with van der Waals surface area (Å²) in [5.74, 6) is -0.617. The van der Waals surface area contributed by atoms with Crippen LogP contribution in [0.5, 0.6) is 0 Å². The Hall–Kier alpha value is -3.63. The number of pyridine rings is 1. The van der Waals surface area contributed by atoms with Crippen molar-refractivity contribution in [3.05, 3.63) is 54.1 Å². The van der Waals surface area contributed by atoms with E-state index >= 15 is 0 Å². The fraction of sp³-hybridized carbons (Fsp3) is 0.300. The van der Waals surface area contributed by atoms with E-state index in [2.05, 4.69) is 25.0 Å². The Morgan fingerprint density at radius 3 is 2.32 bits per heavy atom. The van der Waals surface area contributed by atoms with Gasteiger partial charge in [-0.3, -0.25) is 0 Å². The first-order chi connectivity index (χ1) is 14.5. The Bertz CT molecular complexity index is 1090. The van der Waals surface area contributed by atoms with Gasteiger partial charge < -0.3 is 4.74 Å². The van der Waals surface area contributed by atoms with E-state index in [1.807, 2.05) is 0 Å². The van der Waals surface area contributed by atoms with Crippen molar-refractivity contribution >= 4 is 17.7 Å². The van der Waals surface area contributed by atoms with Gasteiger partial charge in [0, 0.05) is 40.8 Å². The normalized spacial score (nSPS) is 12.7. The molecule has 3 heterocycles. The third kappa shape index (κ3) is 5.11. The molecule has 0 spiro atoms. The molecular formula is C20H19F3N6O2. The minimum absolute atomic E-state index is 0.0446. The summed E-state index contributed by atoms with van der Waals surface area (Å²) in [6, 6.07) is 2.41. The molecule has 0 aromatic carbocycles. The molecule has 162 valence electrons. The molecule has 0 unspecified atom stereocenters. The molecule has 31 heavy (non-hydrogen) atoms. The SMILES string of the molecule is COC(=O)/C(=C/n1cnc(-c2cc(C(C)(C)C)nc(C(F)(F)F)c2)n1)c1cncnc1. The first-order valence-electron chi connectivity index (χ1n) is 9.06. The van der Waals surface area contributed by atoms with Crippen LogP contribution in [0.1, 0.15) is 37.7 Å². The molecule has 3 aromatic heterocycles. The predicted molar refractivity (Wildman–Crippen MR) is 105 cm³/mol. The van der Waals surface area contributed by atoms with Crippen molar-refractivity contribution in [3.8, 4) is 11.4 Å². The van der Waals surface area contributed by atoms with Gasteiger partial charge in [0.1, 0.15) is 18.3 Å². The fourth-order valence-corrected chi connectivity index (χ4v) is 2.58. The van der Waals surface area contributed by atoms with Crippen LogP contribution in [0, 0.1) is 0 Å². The molecule has 0 fully saturated rings. The van der Waals surface area contributed by atoms with Crippen molar-refractivity contribution in [3.63, 3.8) is 0 Å². The Morgan fingerprint density at radius 2 is 1.74 bits per heavy atom. The van der Waals surface area contributed by atoms with E-state index in [0.29, 0.717) is 5.56 Å². The number of hydrogen-bond donors (Lipinski definition) is 0. The maximum Gasteiger partial charge on any atom is 0.433 e. The van der Waals surface area contributed by atoms with Gasteiger partial charge in [-0.1, -0.05) is 20.8 Å². The Kier molecular flexibility index (Phi) is 5.87. The van der Waals surface area contributed by atoms with Gasteiger partial charge >= 0.3 is 12.1 Å². The van der Waals surface area contributed by atoms with Crippen molar-refractivity contribution in [1.29, 1.82) is 0 Å². The lowest BCUT2D eigenvalue weighted by atomic mass is 9.90. The summed E-state index contributed by atoms with van der Waals surface area (Å²) in [5.41, 5.74) is -0.768. The summed E-state index contributed by atoms with van der Waals surface area (Å²) < 4.78 is 46.1. The molecule has 8 nitrogen and oxygen atoms in total. The van der Waals surface area contributed by atoms with Gasteiger partial charge in [-0.2, -0.15) is 13.2 Å². The van der Waals surface area contributed by atoms with Crippen molar-refractivity contribution < 1.29 is 22.7 Å². The number of esters is 1. The molecule has 0 radical (unpaired) electrons. The number of halogens is 3. The average Bonchev–Trinajstić information content (AvgIpc) is 3.19. The molecular weight excluding hydrogens is 413 g/mol. The third-order valence-electron chi connectivity index (χ3n) is 4.19. The summed E-state index contributed by atoms with van der Waals surface area (Å²) >= 11 is 0. The Labute approximate surface area is 175 Å². The molecule has 11 heteroatoms. The first kappa shape index (κ1) is 22.1. The fourth-order valence-electron chi connectivity index (χ4n) is 2.58. The van der Waals surface area contributed by atoms with Crippen molar-refractivity contribution in [2.75, 3.05) is 7.11 Å². The highest BCUT2D eigenvalue weighted by molar-refractivity contribution is 6.19. The Balaban J connectivity index is 2.07. The van der Waals surface area contributed by atoms with Crippen LogP contribution in [0.3, 0.4) is 0 Å². The maximum atomic E-state index is 13.4. The second kappa shape index (κ2) is 8.25. The highest BCUT2D eigenvalue weighted by atomic mass is 19.4. The monoisotopic (exact) mass is 432 g/mol. The summed E-state index contributed by atoms with van der Waals surface area (Å²) in [6.07, 6.45) is 2.12. The lowest BCUT2D eigenvalue weighted by Crippen LogP contribution is -2.18. The molecule has 0 aliphatic carbocycles. The van der Waals surface area contributed by atoms with Crippen LogP contribution in [0.4, 0.5) is 13.2 Å². The van der Waals surface area contributed by atoms with E-state index in [4.69, 9.17) is 4.74 Å². The molecule has 0 aliphatic rings. The first-order valence-corrected chi connectivity index (χ1v) is 9.06. The van der Waals surface area contributed by atoms with Gasteiger partial charge in [0.15, 0.2) is 5.82 Å². The summed E-state index contributed by atoms with van der Waals surface area (Å²) in [5, 5.41) is 4.19. The zero-order chi connectivity index (χ0) is 22.8. The van der Waals surface area contributed by atoms with Gasteiger partial charge in [0.2, 0.25) is 0 Å². The summed E-state index contributed by atoms with van der Waals surface area (Å²) in [4.78, 5) is 27.7. The lowest BCUT2D eigenvalue weighted by molar-refractivity contribution is -0.141. The number of nitrogens with zero attached hydrogens (tertiary/aromatic N) is 6. The van der Waals surface area contributed by atoms with Crippen LogP contribution >= 0.6 is 0 Å². The molecule has 0 atom stereocenters. The van der Waals surface area contributed by atoms with E-state index in [1.165, 1.54) is 49.1 Å². The highest BCUT2D eigenvalue weighted by Crippen LogP contribution is 2.33. The number of aromatic nitrogens is 6.